The molecule has 4 rings (SSSR count). The summed E-state index contributed by atoms with van der Waals surface area (Å²) in [6.45, 7) is 1.68. The highest BCUT2D eigenvalue weighted by molar-refractivity contribution is 8.00. The van der Waals surface area contributed by atoms with Gasteiger partial charge in [-0.1, -0.05) is 36.4 Å². The summed E-state index contributed by atoms with van der Waals surface area (Å²) in [5.41, 5.74) is -2.01. The number of hydrogen-bond donors (Lipinski definition) is 1. The number of carbonyl (C=O) groups is 2. The van der Waals surface area contributed by atoms with Gasteiger partial charge in [-0.25, -0.2) is 4.98 Å². The minimum Gasteiger partial charge on any atom is -0.482 e. The largest absolute Gasteiger partial charge is 0.482 e. The van der Waals surface area contributed by atoms with E-state index in [1.807, 2.05) is 46.0 Å². The fourth-order valence-electron chi connectivity index (χ4n) is 4.64. The molecular formula is C26H27BF3N3O3S. The Labute approximate surface area is 218 Å². The Morgan fingerprint density at radius 1 is 1.11 bits per heavy atom. The third-order valence-corrected chi connectivity index (χ3v) is 7.23. The van der Waals surface area contributed by atoms with Crippen molar-refractivity contribution in [3.8, 4) is 0 Å². The fourth-order valence-corrected chi connectivity index (χ4v) is 5.23. The minimum atomic E-state index is -4.35. The van der Waals surface area contributed by atoms with Gasteiger partial charge in [-0.2, -0.15) is 13.2 Å². The molecule has 0 aliphatic carbocycles. The second-order valence-corrected chi connectivity index (χ2v) is 10.4. The van der Waals surface area contributed by atoms with Gasteiger partial charge in [0.05, 0.1) is 17.7 Å². The number of hydrogen-bond acceptors (Lipinski definition) is 5. The van der Waals surface area contributed by atoms with E-state index in [1.165, 1.54) is 12.1 Å². The number of alkyl halides is 3. The van der Waals surface area contributed by atoms with E-state index in [0.29, 0.717) is 43.9 Å². The number of carboxylic acid groups (broad SMARTS) is 1. The van der Waals surface area contributed by atoms with Gasteiger partial charge in [0.1, 0.15) is 0 Å². The van der Waals surface area contributed by atoms with Gasteiger partial charge < -0.3 is 19.4 Å². The summed E-state index contributed by atoms with van der Waals surface area (Å²) in [5.74, 6) is -2.15. The predicted molar refractivity (Wildman–Crippen MR) is 138 cm³/mol. The van der Waals surface area contributed by atoms with Crippen LogP contribution in [0.4, 0.5) is 18.9 Å². The molecule has 1 saturated heterocycles. The first-order valence-corrected chi connectivity index (χ1v) is 12.9. The van der Waals surface area contributed by atoms with E-state index in [-0.39, 0.29) is 42.0 Å². The minimum absolute atomic E-state index is 0.0662. The molecule has 1 aromatic heterocycles. The highest BCUT2D eigenvalue weighted by atomic mass is 32.2. The Morgan fingerprint density at radius 3 is 2.51 bits per heavy atom. The van der Waals surface area contributed by atoms with E-state index in [2.05, 4.69) is 4.98 Å². The molecule has 0 unspecified atom stereocenters. The normalized spacial score (nSPS) is 15.4. The Bertz CT molecular complexity index is 1210. The van der Waals surface area contributed by atoms with Crippen LogP contribution in [0.1, 0.15) is 24.1 Å². The van der Waals surface area contributed by atoms with Crippen molar-refractivity contribution in [2.75, 3.05) is 18.0 Å². The molecule has 37 heavy (non-hydrogen) atoms. The highest BCUT2D eigenvalue weighted by Gasteiger charge is 2.32. The van der Waals surface area contributed by atoms with Crippen LogP contribution in [0, 0.1) is 5.92 Å². The molecule has 1 N–H and O–H groups in total. The maximum absolute atomic E-state index is 13.0. The standard InChI is InChI=1S/C26H27BF3N3O3S/c28-26(29,30)37-22-8-4-7-21(14-22)33-11-9-19(10-12-33)24(34)27-23(25(35)36)13-20-16-32(17-31-20)15-18-5-2-1-3-6-18/h1-8,14,16-17,19,23,27H,9-13,15H2,(H,35,36)/t23-/m0/s1. The summed E-state index contributed by atoms with van der Waals surface area (Å²) in [7, 11) is -0.0662. The molecule has 6 nitrogen and oxygen atoms in total. The molecule has 3 aromatic rings. The summed E-state index contributed by atoms with van der Waals surface area (Å²) in [5, 5.41) is 9.74. The van der Waals surface area contributed by atoms with Crippen molar-refractivity contribution in [2.45, 2.75) is 42.0 Å². The van der Waals surface area contributed by atoms with Crippen LogP contribution in [0.25, 0.3) is 0 Å². The number of rotatable bonds is 10. The molecule has 11 heteroatoms. The van der Waals surface area contributed by atoms with Crippen molar-refractivity contribution >= 4 is 36.4 Å². The topological polar surface area (TPSA) is 75.4 Å². The van der Waals surface area contributed by atoms with E-state index < -0.39 is 17.3 Å². The van der Waals surface area contributed by atoms with Gasteiger partial charge in [-0.15, -0.1) is 0 Å². The maximum Gasteiger partial charge on any atom is 0.446 e. The number of nitrogens with zero attached hydrogens (tertiary/aromatic N) is 3. The molecule has 0 spiro atoms. The third kappa shape index (κ3) is 7.89. The Kier molecular flexibility index (Phi) is 8.63. The van der Waals surface area contributed by atoms with Crippen LogP contribution in [0.15, 0.2) is 72.0 Å². The zero-order valence-corrected chi connectivity index (χ0v) is 20.9. The van der Waals surface area contributed by atoms with Crippen molar-refractivity contribution in [3.63, 3.8) is 0 Å². The number of imidazole rings is 1. The van der Waals surface area contributed by atoms with Gasteiger partial charge in [0.15, 0.2) is 0 Å². The summed E-state index contributed by atoms with van der Waals surface area (Å²) in [6, 6.07) is 16.1. The lowest BCUT2D eigenvalue weighted by molar-refractivity contribution is -0.137. The van der Waals surface area contributed by atoms with Gasteiger partial charge in [0.25, 0.3) is 5.97 Å². The van der Waals surface area contributed by atoms with E-state index in [0.717, 1.165) is 5.56 Å². The highest BCUT2D eigenvalue weighted by Crippen LogP contribution is 2.38. The van der Waals surface area contributed by atoms with Gasteiger partial charge in [0, 0.05) is 48.1 Å². The number of anilines is 1. The number of carboxylic acids is 1. The molecule has 1 aliphatic heterocycles. The number of aromatic nitrogens is 2. The number of benzene rings is 2. The van der Waals surface area contributed by atoms with E-state index in [4.69, 9.17) is 0 Å². The van der Waals surface area contributed by atoms with Crippen LogP contribution in [0.3, 0.4) is 0 Å². The molecule has 0 bridgehead atoms. The van der Waals surface area contributed by atoms with Crippen molar-refractivity contribution in [3.05, 3.63) is 78.4 Å². The smallest absolute Gasteiger partial charge is 0.446 e. The lowest BCUT2D eigenvalue weighted by Gasteiger charge is -2.33. The van der Waals surface area contributed by atoms with Crippen LogP contribution in [0.5, 0.6) is 0 Å². The van der Waals surface area contributed by atoms with Crippen molar-refractivity contribution in [2.24, 2.45) is 5.92 Å². The van der Waals surface area contributed by atoms with Crippen LogP contribution < -0.4 is 4.90 Å². The number of halogens is 3. The first kappa shape index (κ1) is 26.8. The van der Waals surface area contributed by atoms with Crippen LogP contribution >= 0.6 is 11.8 Å². The number of piperidine rings is 1. The number of aliphatic carboxylic acids is 1. The molecule has 0 radical (unpaired) electrons. The molecule has 0 saturated carbocycles. The Hall–Kier alpha value is -3.21. The lowest BCUT2D eigenvalue weighted by atomic mass is 9.55. The average Bonchev–Trinajstić information content (AvgIpc) is 3.30. The maximum atomic E-state index is 13.0. The van der Waals surface area contributed by atoms with E-state index in [9.17, 15) is 27.9 Å². The van der Waals surface area contributed by atoms with Crippen molar-refractivity contribution < 1.29 is 27.9 Å². The fraction of sp³-hybridized carbons (Fsp3) is 0.346. The van der Waals surface area contributed by atoms with E-state index in [1.54, 1.807) is 18.5 Å². The quantitative estimate of drug-likeness (QED) is 0.300. The van der Waals surface area contributed by atoms with Gasteiger partial charge in [0.2, 0.25) is 7.28 Å². The zero-order chi connectivity index (χ0) is 26.4. The molecule has 194 valence electrons. The monoisotopic (exact) mass is 529 g/mol. The average molecular weight is 529 g/mol. The predicted octanol–water partition coefficient (Wildman–Crippen LogP) is 4.84. The molecule has 2 heterocycles. The van der Waals surface area contributed by atoms with Crippen LogP contribution in [-0.4, -0.2) is 52.2 Å². The van der Waals surface area contributed by atoms with Crippen molar-refractivity contribution in [1.29, 1.82) is 0 Å². The second kappa shape index (κ2) is 11.9. The van der Waals surface area contributed by atoms with Gasteiger partial charge in [-0.05, 0) is 54.8 Å². The Morgan fingerprint density at radius 2 is 1.84 bits per heavy atom. The summed E-state index contributed by atoms with van der Waals surface area (Å²) < 4.78 is 40.0. The lowest BCUT2D eigenvalue weighted by Crippen LogP contribution is -2.39. The SMILES string of the molecule is O=C(B[C@@H](Cc1cn(Cc2ccccc2)cn1)C(=O)O)C1CCN(c2cccc(SC(F)(F)F)c2)CC1. The Balaban J connectivity index is 1.30. The first-order chi connectivity index (χ1) is 17.7. The van der Waals surface area contributed by atoms with Crippen molar-refractivity contribution in [1.82, 2.24) is 9.55 Å². The van der Waals surface area contributed by atoms with Gasteiger partial charge >= 0.3 is 5.51 Å². The van der Waals surface area contributed by atoms with Crippen LogP contribution in [-0.2, 0) is 22.6 Å². The van der Waals surface area contributed by atoms with E-state index >= 15 is 0 Å². The molecule has 1 atom stereocenters. The summed E-state index contributed by atoms with van der Waals surface area (Å²) in [4.78, 5) is 31.3. The zero-order valence-electron chi connectivity index (χ0n) is 20.1. The number of carbonyl (C=O) groups excluding carboxylic acids is 1. The number of thioether (sulfide) groups is 1. The summed E-state index contributed by atoms with van der Waals surface area (Å²) >= 11 is -0.147. The second-order valence-electron chi connectivity index (χ2n) is 9.24. The molecule has 1 fully saturated rings. The molecule has 2 aromatic carbocycles. The molecular weight excluding hydrogens is 502 g/mol. The van der Waals surface area contributed by atoms with Gasteiger partial charge in [-0.3, -0.25) is 4.79 Å². The summed E-state index contributed by atoms with van der Waals surface area (Å²) in [6.07, 6.45) is 4.73. The third-order valence-electron chi connectivity index (χ3n) is 6.51. The molecule has 1 aliphatic rings. The first-order valence-electron chi connectivity index (χ1n) is 12.1. The molecule has 0 amide bonds. The van der Waals surface area contributed by atoms with Crippen LogP contribution in [0.2, 0.25) is 5.82 Å².